The lowest BCUT2D eigenvalue weighted by molar-refractivity contribution is 1.22. The molecule has 3 rings (SSSR count). The van der Waals surface area contributed by atoms with Crippen LogP contribution in [0.5, 0.6) is 0 Å². The predicted octanol–water partition coefficient (Wildman–Crippen LogP) is 3.62. The van der Waals surface area contributed by atoms with Gasteiger partial charge < -0.3 is 5.32 Å². The molecule has 2 nitrogen and oxygen atoms in total. The van der Waals surface area contributed by atoms with Crippen LogP contribution in [0.1, 0.15) is 11.3 Å². The molecule has 88 valence electrons. The molecule has 0 saturated carbocycles. The number of aromatic nitrogens is 1. The molecule has 17 heavy (non-hydrogen) atoms. The number of hydrogen-bond acceptors (Lipinski definition) is 2. The van der Waals surface area contributed by atoms with Gasteiger partial charge in [0.25, 0.3) is 0 Å². The summed E-state index contributed by atoms with van der Waals surface area (Å²) in [4.78, 5) is 4.60. The molecule has 1 aromatic carbocycles. The summed E-state index contributed by atoms with van der Waals surface area (Å²) in [6, 6.07) is 10.3. The Morgan fingerprint density at radius 3 is 2.59 bits per heavy atom. The van der Waals surface area contributed by atoms with E-state index < -0.39 is 0 Å². The first-order chi connectivity index (χ1) is 7.43. The summed E-state index contributed by atoms with van der Waals surface area (Å²) in [7, 11) is 0. The van der Waals surface area contributed by atoms with Crippen molar-refractivity contribution in [3.8, 4) is 0 Å². The van der Waals surface area contributed by atoms with Crippen LogP contribution in [0, 0.1) is 0 Å². The third kappa shape index (κ3) is 2.60. The van der Waals surface area contributed by atoms with Gasteiger partial charge in [-0.2, -0.15) is 0 Å². The van der Waals surface area contributed by atoms with E-state index in [1.54, 1.807) is 0 Å². The predicted molar refractivity (Wildman–Crippen MR) is 77.4 cm³/mol. The number of hydrogen-bond donors (Lipinski definition) is 1. The van der Waals surface area contributed by atoms with Crippen molar-refractivity contribution >= 4 is 47.9 Å². The van der Waals surface area contributed by atoms with Gasteiger partial charge in [0.1, 0.15) is 0 Å². The fourth-order valence-corrected chi connectivity index (χ4v) is 1.73. The van der Waals surface area contributed by atoms with E-state index in [9.17, 15) is 0 Å². The van der Waals surface area contributed by atoms with E-state index in [4.69, 9.17) is 0 Å². The van der Waals surface area contributed by atoms with Crippen molar-refractivity contribution in [2.75, 3.05) is 0 Å². The smallest absolute Gasteiger partial charge is 0.0724 e. The molecular formula is C13H12Cl2N2. The quantitative estimate of drug-likeness (QED) is 0.788. The highest BCUT2D eigenvalue weighted by Crippen LogP contribution is 2.19. The molecule has 1 aliphatic heterocycles. The molecule has 0 fully saturated rings. The summed E-state index contributed by atoms with van der Waals surface area (Å²) in [6.07, 6.45) is 7.83. The summed E-state index contributed by atoms with van der Waals surface area (Å²) in [5.74, 6) is 0. The summed E-state index contributed by atoms with van der Waals surface area (Å²) >= 11 is 0. The minimum absolute atomic E-state index is 0. The fourth-order valence-electron chi connectivity index (χ4n) is 1.73. The number of halogens is 2. The lowest BCUT2D eigenvalue weighted by atomic mass is 10.1. The second kappa shape index (κ2) is 5.71. The average molecular weight is 267 g/mol. The molecule has 0 spiro atoms. The number of benzene rings is 1. The van der Waals surface area contributed by atoms with Crippen LogP contribution < -0.4 is 5.32 Å². The van der Waals surface area contributed by atoms with Crippen LogP contribution in [-0.2, 0) is 0 Å². The monoisotopic (exact) mass is 266 g/mol. The van der Waals surface area contributed by atoms with E-state index in [1.807, 2.05) is 42.8 Å². The number of nitrogens with one attached hydrogen (secondary N) is 1. The number of para-hydroxylation sites is 1. The molecule has 4 heteroatoms. The number of fused-ring (bicyclic) bond motifs is 2. The molecule has 0 aliphatic carbocycles. The maximum atomic E-state index is 4.60. The van der Waals surface area contributed by atoms with Crippen molar-refractivity contribution in [2.45, 2.75) is 0 Å². The van der Waals surface area contributed by atoms with Gasteiger partial charge in [0.2, 0.25) is 0 Å². The van der Waals surface area contributed by atoms with Crippen LogP contribution >= 0.6 is 24.8 Å². The van der Waals surface area contributed by atoms with E-state index in [2.05, 4.69) is 22.4 Å². The molecule has 2 aromatic rings. The molecule has 1 N–H and O–H groups in total. The maximum absolute atomic E-state index is 4.60. The van der Waals surface area contributed by atoms with Crippen LogP contribution in [0.2, 0.25) is 0 Å². The van der Waals surface area contributed by atoms with Gasteiger partial charge in [-0.25, -0.2) is 4.98 Å². The third-order valence-corrected chi connectivity index (χ3v) is 2.48. The van der Waals surface area contributed by atoms with E-state index in [1.165, 1.54) is 5.39 Å². The molecule has 0 bridgehead atoms. The molecule has 0 atom stereocenters. The van der Waals surface area contributed by atoms with Gasteiger partial charge in [-0.05, 0) is 24.3 Å². The standard InChI is InChI=1S/C13H10N2.2ClH/c1-2-4-12-10(3-1)9-11-5-7-14-8-6-13(11)15-12;;/h1-9,14H;2*1H. The first-order valence-corrected chi connectivity index (χ1v) is 4.92. The topological polar surface area (TPSA) is 24.9 Å². The minimum atomic E-state index is 0. The fraction of sp³-hybridized carbons (Fsp3) is 0. The van der Waals surface area contributed by atoms with Crippen molar-refractivity contribution in [3.05, 3.63) is 54.0 Å². The van der Waals surface area contributed by atoms with Crippen LogP contribution in [-0.4, -0.2) is 4.98 Å². The van der Waals surface area contributed by atoms with Gasteiger partial charge >= 0.3 is 0 Å². The number of rotatable bonds is 0. The van der Waals surface area contributed by atoms with Gasteiger partial charge in [-0.15, -0.1) is 24.8 Å². The first-order valence-electron chi connectivity index (χ1n) is 4.92. The molecule has 0 saturated heterocycles. The Hall–Kier alpha value is -1.51. The largest absolute Gasteiger partial charge is 0.368 e. The van der Waals surface area contributed by atoms with Crippen molar-refractivity contribution in [1.29, 1.82) is 0 Å². The van der Waals surface area contributed by atoms with E-state index in [0.29, 0.717) is 0 Å². The van der Waals surface area contributed by atoms with Crippen molar-refractivity contribution < 1.29 is 0 Å². The van der Waals surface area contributed by atoms with E-state index in [0.717, 1.165) is 16.8 Å². The average Bonchev–Trinajstić information content (AvgIpc) is 2.50. The summed E-state index contributed by atoms with van der Waals surface area (Å²) in [6.45, 7) is 0. The Bertz CT molecular complexity index is 526. The van der Waals surface area contributed by atoms with Crippen LogP contribution in [0.4, 0.5) is 0 Å². The Kier molecular flexibility index (Phi) is 4.55. The van der Waals surface area contributed by atoms with E-state index >= 15 is 0 Å². The zero-order chi connectivity index (χ0) is 10.1. The molecule has 0 radical (unpaired) electrons. The highest BCUT2D eigenvalue weighted by molar-refractivity contribution is 5.85. The minimum Gasteiger partial charge on any atom is -0.368 e. The van der Waals surface area contributed by atoms with E-state index in [-0.39, 0.29) is 24.8 Å². The van der Waals surface area contributed by atoms with Gasteiger partial charge in [-0.1, -0.05) is 18.2 Å². The van der Waals surface area contributed by atoms with Gasteiger partial charge in [0.05, 0.1) is 11.2 Å². The zero-order valence-corrected chi connectivity index (χ0v) is 10.6. The molecule has 1 aliphatic rings. The summed E-state index contributed by atoms with van der Waals surface area (Å²) < 4.78 is 0. The van der Waals surface area contributed by atoms with Gasteiger partial charge in [-0.3, -0.25) is 0 Å². The van der Waals surface area contributed by atoms with Crippen LogP contribution in [0.15, 0.2) is 42.7 Å². The lowest BCUT2D eigenvalue weighted by Crippen LogP contribution is -1.88. The molecule has 0 amide bonds. The van der Waals surface area contributed by atoms with Crippen molar-refractivity contribution in [3.63, 3.8) is 0 Å². The molecule has 2 heterocycles. The second-order valence-corrected chi connectivity index (χ2v) is 3.49. The molecular weight excluding hydrogens is 255 g/mol. The Labute approximate surface area is 112 Å². The van der Waals surface area contributed by atoms with Gasteiger partial charge in [0, 0.05) is 23.3 Å². The van der Waals surface area contributed by atoms with Crippen LogP contribution in [0.3, 0.4) is 0 Å². The van der Waals surface area contributed by atoms with Crippen molar-refractivity contribution in [1.82, 2.24) is 10.3 Å². The Balaban J connectivity index is 0.000000722. The van der Waals surface area contributed by atoms with Crippen LogP contribution in [0.25, 0.3) is 23.1 Å². The first kappa shape index (κ1) is 13.6. The second-order valence-electron chi connectivity index (χ2n) is 3.49. The Morgan fingerprint density at radius 1 is 0.941 bits per heavy atom. The maximum Gasteiger partial charge on any atom is 0.0724 e. The molecule has 1 aromatic heterocycles. The highest BCUT2D eigenvalue weighted by Gasteiger charge is 2.02. The Morgan fingerprint density at radius 2 is 1.71 bits per heavy atom. The highest BCUT2D eigenvalue weighted by atomic mass is 35.5. The normalized spacial score (nSPS) is 11.8. The third-order valence-electron chi connectivity index (χ3n) is 2.48. The van der Waals surface area contributed by atoms with Gasteiger partial charge in [0.15, 0.2) is 0 Å². The zero-order valence-electron chi connectivity index (χ0n) is 8.96. The number of nitrogens with zero attached hydrogens (tertiary/aromatic N) is 1. The molecule has 0 unspecified atom stereocenters. The SMILES string of the molecule is C1=Cc2cc3ccccc3nc2C=CN1.Cl.Cl. The van der Waals surface area contributed by atoms with Crippen molar-refractivity contribution in [2.24, 2.45) is 0 Å². The lowest BCUT2D eigenvalue weighted by Gasteiger charge is -2.02. The summed E-state index contributed by atoms with van der Waals surface area (Å²) in [5, 5.41) is 4.22. The number of pyridine rings is 1. The summed E-state index contributed by atoms with van der Waals surface area (Å²) in [5.41, 5.74) is 3.20.